The summed E-state index contributed by atoms with van der Waals surface area (Å²) in [5, 5.41) is 0. The van der Waals surface area contributed by atoms with Crippen molar-refractivity contribution in [3.63, 3.8) is 0 Å². The number of alkyl halides is 2. The second-order valence-corrected chi connectivity index (χ2v) is 6.97. The minimum Gasteiger partial charge on any atom is -0.392 e. The van der Waals surface area contributed by atoms with E-state index in [0.29, 0.717) is 0 Å². The first kappa shape index (κ1) is 17.6. The number of esters is 2. The largest absolute Gasteiger partial charge is 0.392 e. The van der Waals surface area contributed by atoms with E-state index < -0.39 is 0 Å². The van der Waals surface area contributed by atoms with E-state index in [1.807, 2.05) is 45.2 Å². The van der Waals surface area contributed by atoms with Crippen molar-refractivity contribution in [3.8, 4) is 0 Å². The van der Waals surface area contributed by atoms with Crippen molar-refractivity contribution in [3.05, 3.63) is 0 Å². The Labute approximate surface area is 131 Å². The Kier molecular flexibility index (Phi) is 10.9. The number of hydrogen-bond acceptors (Lipinski definition) is 3. The summed E-state index contributed by atoms with van der Waals surface area (Å²) >= 11 is 4.09. The maximum atomic E-state index is 11.6. The third kappa shape index (κ3) is 8.34. The predicted molar refractivity (Wildman–Crippen MR) is 85.8 cm³/mol. The van der Waals surface area contributed by atoms with Crippen molar-refractivity contribution < 1.29 is 14.3 Å². The van der Waals surface area contributed by atoms with Crippen LogP contribution in [0.25, 0.3) is 0 Å². The fourth-order valence-electron chi connectivity index (χ4n) is 1.23. The van der Waals surface area contributed by atoms with Gasteiger partial charge in [0.1, 0.15) is 7.85 Å². The first-order chi connectivity index (χ1) is 8.02. The summed E-state index contributed by atoms with van der Waals surface area (Å²) in [4.78, 5) is 23.2. The molecule has 2 atom stereocenters. The van der Waals surface area contributed by atoms with Gasteiger partial charge in [0.15, 0.2) is 0 Å². The molecule has 0 saturated heterocycles. The summed E-state index contributed by atoms with van der Waals surface area (Å²) in [5.74, 6) is -0.774. The second kappa shape index (κ2) is 10.5. The van der Waals surface area contributed by atoms with E-state index in [2.05, 4.69) is 13.8 Å². The SMILES string of the molecule is CCCCC(I)C(=O)OC(=O)C(I)CCCC. The van der Waals surface area contributed by atoms with E-state index >= 15 is 0 Å². The van der Waals surface area contributed by atoms with Crippen LogP contribution < -0.4 is 0 Å². The first-order valence-electron chi connectivity index (χ1n) is 6.06. The molecule has 0 aliphatic carbocycles. The molecule has 0 rings (SSSR count). The number of halogens is 2. The van der Waals surface area contributed by atoms with Crippen LogP contribution in [0.2, 0.25) is 0 Å². The van der Waals surface area contributed by atoms with Crippen LogP contribution in [0.15, 0.2) is 0 Å². The zero-order valence-electron chi connectivity index (χ0n) is 10.4. The van der Waals surface area contributed by atoms with Crippen molar-refractivity contribution in [2.75, 3.05) is 0 Å². The molecule has 0 aromatic carbocycles. The number of rotatable bonds is 8. The van der Waals surface area contributed by atoms with Gasteiger partial charge in [-0.2, -0.15) is 0 Å². The lowest BCUT2D eigenvalue weighted by Crippen LogP contribution is -2.26. The molecule has 17 heavy (non-hydrogen) atoms. The molecule has 0 spiro atoms. The van der Waals surface area contributed by atoms with Crippen molar-refractivity contribution >= 4 is 57.1 Å². The molecule has 0 fully saturated rings. The lowest BCUT2D eigenvalue weighted by Gasteiger charge is -2.11. The lowest BCUT2D eigenvalue weighted by atomic mass is 10.2. The molecule has 0 N–H and O–H groups in total. The quantitative estimate of drug-likeness (QED) is 0.235. The van der Waals surface area contributed by atoms with Gasteiger partial charge in [0, 0.05) is 0 Å². The van der Waals surface area contributed by atoms with Crippen molar-refractivity contribution in [2.24, 2.45) is 0 Å². The van der Waals surface area contributed by atoms with Gasteiger partial charge in [0.25, 0.3) is 0 Å². The van der Waals surface area contributed by atoms with Gasteiger partial charge in [-0.3, -0.25) is 9.59 Å². The van der Waals surface area contributed by atoms with Crippen molar-refractivity contribution in [1.82, 2.24) is 0 Å². The van der Waals surface area contributed by atoms with Crippen LogP contribution >= 0.6 is 45.2 Å². The van der Waals surface area contributed by atoms with E-state index in [1.54, 1.807) is 0 Å². The molecule has 0 bridgehead atoms. The summed E-state index contributed by atoms with van der Waals surface area (Å²) in [6.07, 6.45) is 5.63. The van der Waals surface area contributed by atoms with E-state index in [4.69, 9.17) is 4.74 Å². The monoisotopic (exact) mass is 466 g/mol. The zero-order chi connectivity index (χ0) is 13.3. The van der Waals surface area contributed by atoms with E-state index in [0.717, 1.165) is 38.5 Å². The van der Waals surface area contributed by atoms with Crippen LogP contribution in [0.1, 0.15) is 52.4 Å². The Morgan fingerprint density at radius 3 is 1.59 bits per heavy atom. The second-order valence-electron chi connectivity index (χ2n) is 3.96. The summed E-state index contributed by atoms with van der Waals surface area (Å²) in [6.45, 7) is 4.15. The highest BCUT2D eigenvalue weighted by Crippen LogP contribution is 2.16. The zero-order valence-corrected chi connectivity index (χ0v) is 14.7. The number of carbonyl (C=O) groups is 2. The topological polar surface area (TPSA) is 43.4 Å². The van der Waals surface area contributed by atoms with Crippen LogP contribution in [0, 0.1) is 0 Å². The van der Waals surface area contributed by atoms with Crippen LogP contribution in [0.3, 0.4) is 0 Å². The van der Waals surface area contributed by atoms with Gasteiger partial charge in [-0.25, -0.2) is 0 Å². The summed E-state index contributed by atoms with van der Waals surface area (Å²) < 4.78 is 4.47. The molecule has 0 aliphatic rings. The highest BCUT2D eigenvalue weighted by Gasteiger charge is 2.23. The summed E-state index contributed by atoms with van der Waals surface area (Å²) in [5.41, 5.74) is 0. The molecule has 0 amide bonds. The smallest absolute Gasteiger partial charge is 0.326 e. The number of carbonyl (C=O) groups excluding carboxylic acids is 2. The maximum absolute atomic E-state index is 11.6. The maximum Gasteiger partial charge on any atom is 0.326 e. The molecule has 0 aromatic heterocycles. The molecular weight excluding hydrogens is 446 g/mol. The van der Waals surface area contributed by atoms with Gasteiger partial charge in [0.2, 0.25) is 0 Å². The van der Waals surface area contributed by atoms with Crippen molar-refractivity contribution in [2.45, 2.75) is 60.2 Å². The molecule has 3 nitrogen and oxygen atoms in total. The molecule has 0 heterocycles. The average Bonchev–Trinajstić information content (AvgIpc) is 2.32. The summed E-state index contributed by atoms with van der Waals surface area (Å²) in [7, 11) is 0. The Morgan fingerprint density at radius 1 is 0.941 bits per heavy atom. The molecule has 100 valence electrons. The van der Waals surface area contributed by atoms with Gasteiger partial charge in [-0.15, -0.1) is 0 Å². The van der Waals surface area contributed by atoms with Gasteiger partial charge in [-0.05, 0) is 12.8 Å². The molecule has 0 aromatic rings. The van der Waals surface area contributed by atoms with E-state index in [9.17, 15) is 9.59 Å². The molecular formula is C12H20I2O3. The predicted octanol–water partition coefficient (Wildman–Crippen LogP) is 4.04. The lowest BCUT2D eigenvalue weighted by molar-refractivity contribution is -0.158. The van der Waals surface area contributed by atoms with Crippen LogP contribution in [0.4, 0.5) is 0 Å². The van der Waals surface area contributed by atoms with Crippen LogP contribution in [-0.4, -0.2) is 19.8 Å². The fraction of sp³-hybridized carbons (Fsp3) is 0.833. The standard InChI is InChI=1S/C12H20I2O3/c1-3-5-7-9(13)11(15)17-12(16)10(14)8-6-4-2/h9-10H,3-8H2,1-2H3. The number of ether oxygens (including phenoxy) is 1. The minimum atomic E-state index is -0.387. The number of hydrogen-bond donors (Lipinski definition) is 0. The van der Waals surface area contributed by atoms with Crippen molar-refractivity contribution in [1.29, 1.82) is 0 Å². The van der Waals surface area contributed by atoms with Gasteiger partial charge in [0.05, 0.1) is 0 Å². The van der Waals surface area contributed by atoms with Crippen LogP contribution in [0.5, 0.6) is 0 Å². The van der Waals surface area contributed by atoms with Gasteiger partial charge < -0.3 is 4.74 Å². The van der Waals surface area contributed by atoms with Gasteiger partial charge in [-0.1, -0.05) is 84.7 Å². The van der Waals surface area contributed by atoms with Crippen LogP contribution in [-0.2, 0) is 14.3 Å². The number of unbranched alkanes of at least 4 members (excludes halogenated alkanes) is 2. The molecule has 5 heteroatoms. The Bertz CT molecular complexity index is 220. The molecule has 0 radical (unpaired) electrons. The highest BCUT2D eigenvalue weighted by atomic mass is 127. The minimum absolute atomic E-state index is 0.203. The van der Waals surface area contributed by atoms with Gasteiger partial charge >= 0.3 is 11.9 Å². The average molecular weight is 466 g/mol. The Morgan fingerprint density at radius 2 is 1.29 bits per heavy atom. The normalized spacial score (nSPS) is 14.1. The fourth-order valence-corrected chi connectivity index (χ4v) is 2.36. The molecule has 0 saturated carbocycles. The third-order valence-electron chi connectivity index (χ3n) is 2.33. The molecule has 2 unspecified atom stereocenters. The van der Waals surface area contributed by atoms with E-state index in [-0.39, 0.29) is 19.8 Å². The Balaban J connectivity index is 3.97. The first-order valence-corrected chi connectivity index (χ1v) is 8.55. The molecule has 0 aliphatic heterocycles. The van der Waals surface area contributed by atoms with E-state index in [1.165, 1.54) is 0 Å². The Hall–Kier alpha value is 0.600. The third-order valence-corrected chi connectivity index (χ3v) is 4.60. The highest BCUT2D eigenvalue weighted by molar-refractivity contribution is 14.1. The summed E-state index contributed by atoms with van der Waals surface area (Å²) in [6, 6.07) is 0.